The summed E-state index contributed by atoms with van der Waals surface area (Å²) in [6, 6.07) is 0. The molecule has 0 saturated carbocycles. The van der Waals surface area contributed by atoms with Gasteiger partial charge in [0.2, 0.25) is 0 Å². The van der Waals surface area contributed by atoms with Crippen molar-refractivity contribution in [2.24, 2.45) is 11.7 Å². The Balaban J connectivity index is 3.83. The topological polar surface area (TPSA) is 63.3 Å². The second-order valence-electron chi connectivity index (χ2n) is 1.71. The van der Waals surface area contributed by atoms with Gasteiger partial charge in [-0.3, -0.25) is 4.79 Å². The van der Waals surface area contributed by atoms with E-state index in [1.54, 1.807) is 19.1 Å². The predicted octanol–water partition coefficient (Wildman–Crippen LogP) is 0.222. The minimum atomic E-state index is -0.865. The first-order valence-corrected chi connectivity index (χ1v) is 2.78. The standard InChI is InChI=1S/C6H11NO2/c1-2-3-5(4-7)6(8)9/h2-3,5H,4,7H2,1H3,(H,8,9). The fourth-order valence-corrected chi connectivity index (χ4v) is 0.494. The fraction of sp³-hybridized carbons (Fsp3) is 0.500. The number of nitrogens with two attached hydrogens (primary N) is 1. The van der Waals surface area contributed by atoms with Crippen molar-refractivity contribution in [2.75, 3.05) is 6.54 Å². The molecular formula is C6H11NO2. The molecule has 52 valence electrons. The van der Waals surface area contributed by atoms with E-state index in [9.17, 15) is 4.79 Å². The van der Waals surface area contributed by atoms with E-state index in [1.807, 2.05) is 0 Å². The Morgan fingerprint density at radius 3 is 2.56 bits per heavy atom. The lowest BCUT2D eigenvalue weighted by Crippen LogP contribution is -2.20. The molecule has 3 heteroatoms. The van der Waals surface area contributed by atoms with E-state index < -0.39 is 11.9 Å². The molecule has 0 aliphatic rings. The van der Waals surface area contributed by atoms with Gasteiger partial charge in [-0.2, -0.15) is 0 Å². The van der Waals surface area contributed by atoms with Gasteiger partial charge in [0, 0.05) is 6.54 Å². The maximum absolute atomic E-state index is 10.2. The van der Waals surface area contributed by atoms with Gasteiger partial charge in [-0.15, -0.1) is 0 Å². The van der Waals surface area contributed by atoms with Crippen LogP contribution in [-0.4, -0.2) is 17.6 Å². The van der Waals surface area contributed by atoms with E-state index >= 15 is 0 Å². The van der Waals surface area contributed by atoms with E-state index in [0.717, 1.165) is 0 Å². The van der Waals surface area contributed by atoms with Crippen LogP contribution in [0.25, 0.3) is 0 Å². The third-order valence-corrected chi connectivity index (χ3v) is 0.996. The van der Waals surface area contributed by atoms with E-state index in [2.05, 4.69) is 0 Å². The van der Waals surface area contributed by atoms with Crippen LogP contribution in [0.2, 0.25) is 0 Å². The molecule has 3 N–H and O–H groups in total. The highest BCUT2D eigenvalue weighted by Gasteiger charge is 2.09. The fourth-order valence-electron chi connectivity index (χ4n) is 0.494. The molecule has 1 unspecified atom stereocenters. The Morgan fingerprint density at radius 1 is 1.89 bits per heavy atom. The number of carbonyl (C=O) groups is 1. The molecule has 0 aliphatic heterocycles. The van der Waals surface area contributed by atoms with Gasteiger partial charge in [-0.05, 0) is 6.92 Å². The minimum absolute atomic E-state index is 0.166. The zero-order chi connectivity index (χ0) is 7.28. The highest BCUT2D eigenvalue weighted by molar-refractivity contribution is 5.72. The van der Waals surface area contributed by atoms with E-state index in [0.29, 0.717) is 0 Å². The summed E-state index contributed by atoms with van der Waals surface area (Å²) in [6.45, 7) is 1.94. The van der Waals surface area contributed by atoms with Crippen LogP contribution in [-0.2, 0) is 4.79 Å². The first kappa shape index (κ1) is 8.17. The predicted molar refractivity (Wildman–Crippen MR) is 35.0 cm³/mol. The molecule has 1 atom stereocenters. The van der Waals surface area contributed by atoms with Gasteiger partial charge < -0.3 is 10.8 Å². The zero-order valence-electron chi connectivity index (χ0n) is 5.37. The average Bonchev–Trinajstić information content (AvgIpc) is 1.82. The van der Waals surface area contributed by atoms with Crippen molar-refractivity contribution in [3.63, 3.8) is 0 Å². The van der Waals surface area contributed by atoms with Gasteiger partial charge in [0.15, 0.2) is 0 Å². The van der Waals surface area contributed by atoms with E-state index in [-0.39, 0.29) is 6.54 Å². The van der Waals surface area contributed by atoms with Crippen LogP contribution < -0.4 is 5.73 Å². The van der Waals surface area contributed by atoms with Crippen molar-refractivity contribution >= 4 is 5.97 Å². The molecule has 0 saturated heterocycles. The molecule has 0 rings (SSSR count). The minimum Gasteiger partial charge on any atom is -0.481 e. The number of allylic oxidation sites excluding steroid dienone is 1. The Kier molecular flexibility index (Phi) is 3.71. The quantitative estimate of drug-likeness (QED) is 0.536. The Labute approximate surface area is 54.2 Å². The number of carboxylic acids is 1. The molecule has 0 heterocycles. The number of rotatable bonds is 3. The normalized spacial score (nSPS) is 14.0. The van der Waals surface area contributed by atoms with Crippen LogP contribution in [0.5, 0.6) is 0 Å². The third-order valence-electron chi connectivity index (χ3n) is 0.996. The van der Waals surface area contributed by atoms with Gasteiger partial charge >= 0.3 is 5.97 Å². The summed E-state index contributed by atoms with van der Waals surface area (Å²) in [5.74, 6) is -1.38. The van der Waals surface area contributed by atoms with Crippen LogP contribution >= 0.6 is 0 Å². The Bertz CT molecular complexity index is 120. The van der Waals surface area contributed by atoms with Crippen molar-refractivity contribution in [3.05, 3.63) is 12.2 Å². The second kappa shape index (κ2) is 4.09. The number of hydrogen-bond donors (Lipinski definition) is 2. The molecule has 0 aromatic carbocycles. The molecule has 0 aliphatic carbocycles. The first-order valence-electron chi connectivity index (χ1n) is 2.78. The molecule has 0 aromatic heterocycles. The maximum atomic E-state index is 10.2. The SMILES string of the molecule is CC=CC(CN)C(=O)O. The van der Waals surface area contributed by atoms with Gasteiger partial charge in [0.1, 0.15) is 0 Å². The van der Waals surface area contributed by atoms with Crippen molar-refractivity contribution in [2.45, 2.75) is 6.92 Å². The number of aliphatic carboxylic acids is 1. The average molecular weight is 129 g/mol. The second-order valence-corrected chi connectivity index (χ2v) is 1.71. The highest BCUT2D eigenvalue weighted by atomic mass is 16.4. The maximum Gasteiger partial charge on any atom is 0.311 e. The van der Waals surface area contributed by atoms with Gasteiger partial charge in [0.05, 0.1) is 5.92 Å². The molecular weight excluding hydrogens is 118 g/mol. The first-order chi connectivity index (χ1) is 4.22. The smallest absolute Gasteiger partial charge is 0.311 e. The van der Waals surface area contributed by atoms with Crippen LogP contribution in [0.1, 0.15) is 6.92 Å². The number of hydrogen-bond acceptors (Lipinski definition) is 2. The summed E-state index contributed by atoms with van der Waals surface area (Å²) in [7, 11) is 0. The molecule has 0 aromatic rings. The molecule has 0 fully saturated rings. The van der Waals surface area contributed by atoms with Crippen LogP contribution in [0, 0.1) is 5.92 Å². The largest absolute Gasteiger partial charge is 0.481 e. The lowest BCUT2D eigenvalue weighted by molar-refractivity contribution is -0.139. The van der Waals surface area contributed by atoms with Crippen molar-refractivity contribution in [3.8, 4) is 0 Å². The van der Waals surface area contributed by atoms with E-state index in [4.69, 9.17) is 10.8 Å². The lowest BCUT2D eigenvalue weighted by atomic mass is 10.1. The Morgan fingerprint density at radius 2 is 2.44 bits per heavy atom. The molecule has 9 heavy (non-hydrogen) atoms. The van der Waals surface area contributed by atoms with Gasteiger partial charge in [-0.1, -0.05) is 12.2 Å². The van der Waals surface area contributed by atoms with Crippen LogP contribution in [0.4, 0.5) is 0 Å². The zero-order valence-corrected chi connectivity index (χ0v) is 5.37. The summed E-state index contributed by atoms with van der Waals surface area (Å²) in [5.41, 5.74) is 5.13. The molecule has 3 nitrogen and oxygen atoms in total. The monoisotopic (exact) mass is 129 g/mol. The molecule has 0 amide bonds. The highest BCUT2D eigenvalue weighted by Crippen LogP contribution is 1.94. The van der Waals surface area contributed by atoms with Crippen molar-refractivity contribution in [1.82, 2.24) is 0 Å². The van der Waals surface area contributed by atoms with Gasteiger partial charge in [-0.25, -0.2) is 0 Å². The summed E-state index contributed by atoms with van der Waals surface area (Å²) in [4.78, 5) is 10.2. The molecule has 0 bridgehead atoms. The summed E-state index contributed by atoms with van der Waals surface area (Å²) in [6.07, 6.45) is 3.26. The summed E-state index contributed by atoms with van der Waals surface area (Å²) < 4.78 is 0. The molecule has 0 spiro atoms. The number of carboxylic acid groups (broad SMARTS) is 1. The van der Waals surface area contributed by atoms with Crippen LogP contribution in [0.3, 0.4) is 0 Å². The Hall–Kier alpha value is -0.830. The van der Waals surface area contributed by atoms with Crippen molar-refractivity contribution < 1.29 is 9.90 Å². The summed E-state index contributed by atoms with van der Waals surface area (Å²) >= 11 is 0. The van der Waals surface area contributed by atoms with Gasteiger partial charge in [0.25, 0.3) is 0 Å². The van der Waals surface area contributed by atoms with Crippen molar-refractivity contribution in [1.29, 1.82) is 0 Å². The third kappa shape index (κ3) is 2.87. The van der Waals surface area contributed by atoms with Crippen LogP contribution in [0.15, 0.2) is 12.2 Å². The lowest BCUT2D eigenvalue weighted by Gasteiger charge is -2.00. The molecule has 0 radical (unpaired) electrons. The summed E-state index contributed by atoms with van der Waals surface area (Å²) in [5, 5.41) is 8.37. The van der Waals surface area contributed by atoms with E-state index in [1.165, 1.54) is 0 Å².